The quantitative estimate of drug-likeness (QED) is 0.890. The van der Waals surface area contributed by atoms with Crippen molar-refractivity contribution >= 4 is 5.69 Å². The van der Waals surface area contributed by atoms with Crippen LogP contribution >= 0.6 is 0 Å². The van der Waals surface area contributed by atoms with Crippen LogP contribution in [0.15, 0.2) is 48.5 Å². The SMILES string of the molecule is COc1ccc(OCC(O)CN2c3ccccc3CC2C)cc1. The van der Waals surface area contributed by atoms with Crippen molar-refractivity contribution in [1.82, 2.24) is 0 Å². The van der Waals surface area contributed by atoms with E-state index in [2.05, 4.69) is 30.0 Å². The number of β-amino-alcohol motifs (C(OH)–C–C–N with tert-alkyl or cyclic N) is 1. The summed E-state index contributed by atoms with van der Waals surface area (Å²) in [5.74, 6) is 1.53. The van der Waals surface area contributed by atoms with E-state index >= 15 is 0 Å². The lowest BCUT2D eigenvalue weighted by Gasteiger charge is -2.27. The Kier molecular flexibility index (Phi) is 4.72. The summed E-state index contributed by atoms with van der Waals surface area (Å²) in [5.41, 5.74) is 2.58. The molecule has 0 amide bonds. The van der Waals surface area contributed by atoms with Crippen LogP contribution in [0.1, 0.15) is 12.5 Å². The van der Waals surface area contributed by atoms with Crippen LogP contribution in [0, 0.1) is 0 Å². The normalized spacial score (nSPS) is 17.7. The van der Waals surface area contributed by atoms with E-state index in [9.17, 15) is 5.11 Å². The second-order valence-corrected chi connectivity index (χ2v) is 5.97. The number of nitrogens with zero attached hydrogens (tertiary/aromatic N) is 1. The van der Waals surface area contributed by atoms with Crippen molar-refractivity contribution in [2.45, 2.75) is 25.5 Å². The molecule has 3 rings (SSSR count). The first-order chi connectivity index (χ1) is 11.2. The first-order valence-electron chi connectivity index (χ1n) is 7.97. The van der Waals surface area contributed by atoms with Crippen molar-refractivity contribution in [3.63, 3.8) is 0 Å². The number of aliphatic hydroxyl groups is 1. The van der Waals surface area contributed by atoms with E-state index in [0.29, 0.717) is 12.6 Å². The molecule has 2 aromatic rings. The standard InChI is InChI=1S/C19H23NO3/c1-14-11-15-5-3-4-6-19(15)20(14)12-16(21)13-23-18-9-7-17(22-2)8-10-18/h3-10,14,16,21H,11-13H2,1-2H3. The van der Waals surface area contributed by atoms with Gasteiger partial charge in [0.25, 0.3) is 0 Å². The van der Waals surface area contributed by atoms with Crippen LogP contribution < -0.4 is 14.4 Å². The highest BCUT2D eigenvalue weighted by atomic mass is 16.5. The number of rotatable bonds is 6. The fourth-order valence-electron chi connectivity index (χ4n) is 3.05. The molecule has 23 heavy (non-hydrogen) atoms. The maximum absolute atomic E-state index is 10.3. The second kappa shape index (κ2) is 6.92. The molecule has 4 heteroatoms. The highest BCUT2D eigenvalue weighted by Gasteiger charge is 2.27. The lowest BCUT2D eigenvalue weighted by atomic mass is 10.1. The monoisotopic (exact) mass is 313 g/mol. The number of benzene rings is 2. The van der Waals surface area contributed by atoms with Gasteiger partial charge in [-0.15, -0.1) is 0 Å². The van der Waals surface area contributed by atoms with Gasteiger partial charge in [0.1, 0.15) is 24.2 Å². The smallest absolute Gasteiger partial charge is 0.119 e. The van der Waals surface area contributed by atoms with Gasteiger partial charge < -0.3 is 19.5 Å². The Balaban J connectivity index is 1.56. The van der Waals surface area contributed by atoms with Gasteiger partial charge in [-0.25, -0.2) is 0 Å². The van der Waals surface area contributed by atoms with Gasteiger partial charge in [0, 0.05) is 18.3 Å². The van der Waals surface area contributed by atoms with E-state index in [1.54, 1.807) is 7.11 Å². The van der Waals surface area contributed by atoms with E-state index in [4.69, 9.17) is 9.47 Å². The highest BCUT2D eigenvalue weighted by Crippen LogP contribution is 2.31. The Hall–Kier alpha value is -2.20. The van der Waals surface area contributed by atoms with Crippen LogP contribution in [0.4, 0.5) is 5.69 Å². The number of para-hydroxylation sites is 1. The Morgan fingerprint density at radius 2 is 1.83 bits per heavy atom. The molecule has 122 valence electrons. The van der Waals surface area contributed by atoms with Crippen LogP contribution in [0.3, 0.4) is 0 Å². The summed E-state index contributed by atoms with van der Waals surface area (Å²) in [7, 11) is 1.63. The Morgan fingerprint density at radius 3 is 2.57 bits per heavy atom. The topological polar surface area (TPSA) is 41.9 Å². The molecule has 1 heterocycles. The minimum absolute atomic E-state index is 0.276. The van der Waals surface area contributed by atoms with E-state index in [1.807, 2.05) is 30.3 Å². The lowest BCUT2D eigenvalue weighted by molar-refractivity contribution is 0.111. The Morgan fingerprint density at radius 1 is 1.13 bits per heavy atom. The fourth-order valence-corrected chi connectivity index (χ4v) is 3.05. The maximum atomic E-state index is 10.3. The summed E-state index contributed by atoms with van der Waals surface area (Å²) in [4.78, 5) is 2.26. The van der Waals surface area contributed by atoms with E-state index in [1.165, 1.54) is 11.3 Å². The fraction of sp³-hybridized carbons (Fsp3) is 0.368. The number of hydrogen-bond acceptors (Lipinski definition) is 4. The van der Waals surface area contributed by atoms with Gasteiger partial charge in [-0.2, -0.15) is 0 Å². The molecule has 2 atom stereocenters. The molecule has 0 fully saturated rings. The molecule has 0 spiro atoms. The molecule has 2 aromatic carbocycles. The summed E-state index contributed by atoms with van der Waals surface area (Å²) in [6.45, 7) is 3.04. The third-order valence-electron chi connectivity index (χ3n) is 4.26. The van der Waals surface area contributed by atoms with Gasteiger partial charge in [-0.05, 0) is 49.2 Å². The predicted molar refractivity (Wildman–Crippen MR) is 91.4 cm³/mol. The molecule has 1 aliphatic heterocycles. The minimum atomic E-state index is -0.536. The minimum Gasteiger partial charge on any atom is -0.497 e. The van der Waals surface area contributed by atoms with E-state index < -0.39 is 6.10 Å². The van der Waals surface area contributed by atoms with Gasteiger partial charge in [0.05, 0.1) is 7.11 Å². The number of ether oxygens (including phenoxy) is 2. The Labute approximate surface area is 137 Å². The average Bonchev–Trinajstić information content (AvgIpc) is 2.89. The van der Waals surface area contributed by atoms with Crippen LogP contribution in [0.5, 0.6) is 11.5 Å². The Bertz CT molecular complexity index is 641. The van der Waals surface area contributed by atoms with Gasteiger partial charge >= 0.3 is 0 Å². The molecule has 0 saturated heterocycles. The van der Waals surface area contributed by atoms with Crippen LogP contribution in [0.2, 0.25) is 0 Å². The number of aliphatic hydroxyl groups excluding tert-OH is 1. The van der Waals surface area contributed by atoms with Gasteiger partial charge in [0.15, 0.2) is 0 Å². The molecule has 2 unspecified atom stereocenters. The van der Waals surface area contributed by atoms with Crippen molar-refractivity contribution in [3.05, 3.63) is 54.1 Å². The van der Waals surface area contributed by atoms with Crippen LogP contribution in [-0.4, -0.2) is 37.5 Å². The second-order valence-electron chi connectivity index (χ2n) is 5.97. The lowest BCUT2D eigenvalue weighted by Crippen LogP contribution is -2.39. The van der Waals surface area contributed by atoms with E-state index in [0.717, 1.165) is 17.9 Å². The summed E-state index contributed by atoms with van der Waals surface area (Å²) < 4.78 is 10.8. The third kappa shape index (κ3) is 3.59. The molecule has 1 aliphatic rings. The molecule has 0 aliphatic carbocycles. The molecule has 1 N–H and O–H groups in total. The zero-order chi connectivity index (χ0) is 16.2. The largest absolute Gasteiger partial charge is 0.497 e. The number of anilines is 1. The van der Waals surface area contributed by atoms with Crippen LogP contribution in [0.25, 0.3) is 0 Å². The molecular formula is C19H23NO3. The molecule has 0 radical (unpaired) electrons. The van der Waals surface area contributed by atoms with Crippen molar-refractivity contribution in [3.8, 4) is 11.5 Å². The summed E-state index contributed by atoms with van der Waals surface area (Å²) in [6, 6.07) is 16.2. The summed E-state index contributed by atoms with van der Waals surface area (Å²) >= 11 is 0. The molecule has 0 bridgehead atoms. The molecule has 0 saturated carbocycles. The number of hydrogen-bond donors (Lipinski definition) is 1. The van der Waals surface area contributed by atoms with Crippen molar-refractivity contribution in [2.24, 2.45) is 0 Å². The van der Waals surface area contributed by atoms with Gasteiger partial charge in [-0.3, -0.25) is 0 Å². The first kappa shape index (κ1) is 15.7. The molecule has 4 nitrogen and oxygen atoms in total. The number of fused-ring (bicyclic) bond motifs is 1. The zero-order valence-corrected chi connectivity index (χ0v) is 13.6. The zero-order valence-electron chi connectivity index (χ0n) is 13.6. The highest BCUT2D eigenvalue weighted by molar-refractivity contribution is 5.59. The number of methoxy groups -OCH3 is 1. The third-order valence-corrected chi connectivity index (χ3v) is 4.26. The molecule has 0 aromatic heterocycles. The van der Waals surface area contributed by atoms with E-state index in [-0.39, 0.29) is 6.61 Å². The summed E-state index contributed by atoms with van der Waals surface area (Å²) in [6.07, 6.45) is 0.494. The maximum Gasteiger partial charge on any atom is 0.119 e. The van der Waals surface area contributed by atoms with Gasteiger partial charge in [0.2, 0.25) is 0 Å². The average molecular weight is 313 g/mol. The summed E-state index contributed by atoms with van der Waals surface area (Å²) in [5, 5.41) is 10.3. The van der Waals surface area contributed by atoms with Crippen molar-refractivity contribution < 1.29 is 14.6 Å². The van der Waals surface area contributed by atoms with Crippen molar-refractivity contribution in [1.29, 1.82) is 0 Å². The predicted octanol–water partition coefficient (Wildman–Crippen LogP) is 2.89. The molecular weight excluding hydrogens is 290 g/mol. The van der Waals surface area contributed by atoms with Crippen molar-refractivity contribution in [2.75, 3.05) is 25.2 Å². The first-order valence-corrected chi connectivity index (χ1v) is 7.97. The van der Waals surface area contributed by atoms with Gasteiger partial charge in [-0.1, -0.05) is 18.2 Å². The van der Waals surface area contributed by atoms with Crippen LogP contribution in [-0.2, 0) is 6.42 Å².